The van der Waals surface area contributed by atoms with Gasteiger partial charge in [-0.3, -0.25) is 9.69 Å². The van der Waals surface area contributed by atoms with Gasteiger partial charge in [-0.15, -0.1) is 12.4 Å². The van der Waals surface area contributed by atoms with Crippen LogP contribution in [0.4, 0.5) is 5.69 Å². The first-order valence-corrected chi connectivity index (χ1v) is 11.8. The first kappa shape index (κ1) is 26.3. The molecule has 2 N–H and O–H groups in total. The van der Waals surface area contributed by atoms with E-state index in [1.165, 1.54) is 5.56 Å². The van der Waals surface area contributed by atoms with E-state index in [0.717, 1.165) is 49.5 Å². The molecule has 1 amide bonds. The standard InChI is InChI=1S/C28H31N3O3.ClH/c1-2-29-27(32)26(22-12-14-23(15-13-22)28(33)34)24-10-6-7-11-25(24)31-18-16-30(17-19-31)20-21-8-4-3-5-9-21;/h3-15,26H,2,16-20H2,1H3,(H,29,32)(H,33,34);1H. The SMILES string of the molecule is CCNC(=O)C(c1ccc(C(=O)O)cc1)c1ccccc1N1CCN(Cc2ccccc2)CC1.Cl. The number of amides is 1. The number of hydrogen-bond donors (Lipinski definition) is 2. The van der Waals surface area contributed by atoms with Gasteiger partial charge in [0.2, 0.25) is 5.91 Å². The molecule has 6 nitrogen and oxygen atoms in total. The number of hydrogen-bond acceptors (Lipinski definition) is 4. The molecule has 1 atom stereocenters. The average molecular weight is 494 g/mol. The molecule has 0 saturated carbocycles. The smallest absolute Gasteiger partial charge is 0.335 e. The number of piperazine rings is 1. The topological polar surface area (TPSA) is 72.9 Å². The zero-order valence-corrected chi connectivity index (χ0v) is 20.7. The molecule has 1 fully saturated rings. The maximum Gasteiger partial charge on any atom is 0.335 e. The minimum absolute atomic E-state index is 0. The van der Waals surface area contributed by atoms with Crippen LogP contribution in [0.25, 0.3) is 0 Å². The number of para-hydroxylation sites is 1. The van der Waals surface area contributed by atoms with Gasteiger partial charge in [0.25, 0.3) is 0 Å². The van der Waals surface area contributed by atoms with Crippen LogP contribution in [0.5, 0.6) is 0 Å². The normalized spacial score (nSPS) is 14.6. The fraction of sp³-hybridized carbons (Fsp3) is 0.286. The van der Waals surface area contributed by atoms with Crippen LogP contribution >= 0.6 is 12.4 Å². The van der Waals surface area contributed by atoms with E-state index in [2.05, 4.69) is 45.4 Å². The Balaban J connectivity index is 0.00000342. The van der Waals surface area contributed by atoms with Crippen molar-refractivity contribution in [2.24, 2.45) is 0 Å². The summed E-state index contributed by atoms with van der Waals surface area (Å²) in [4.78, 5) is 29.3. The Hall–Kier alpha value is -3.35. The van der Waals surface area contributed by atoms with Gasteiger partial charge < -0.3 is 15.3 Å². The van der Waals surface area contributed by atoms with Gasteiger partial charge in [-0.05, 0) is 41.8 Å². The number of anilines is 1. The third-order valence-electron chi connectivity index (χ3n) is 6.31. The van der Waals surface area contributed by atoms with Crippen LogP contribution in [0.1, 0.15) is 39.9 Å². The van der Waals surface area contributed by atoms with Gasteiger partial charge in [-0.25, -0.2) is 4.79 Å². The van der Waals surface area contributed by atoms with Gasteiger partial charge in [-0.2, -0.15) is 0 Å². The Morgan fingerprint density at radius 3 is 2.14 bits per heavy atom. The number of nitrogens with one attached hydrogen (secondary N) is 1. The number of carboxylic acid groups (broad SMARTS) is 1. The van der Waals surface area contributed by atoms with Crippen molar-refractivity contribution in [3.05, 3.63) is 101 Å². The number of likely N-dealkylation sites (N-methyl/N-ethyl adjacent to an activating group) is 1. The van der Waals surface area contributed by atoms with Crippen molar-refractivity contribution < 1.29 is 14.7 Å². The molecule has 0 spiro atoms. The predicted molar refractivity (Wildman–Crippen MR) is 142 cm³/mol. The van der Waals surface area contributed by atoms with E-state index in [1.54, 1.807) is 24.3 Å². The summed E-state index contributed by atoms with van der Waals surface area (Å²) in [6.07, 6.45) is 0. The lowest BCUT2D eigenvalue weighted by Crippen LogP contribution is -2.46. The number of nitrogens with zero attached hydrogens (tertiary/aromatic N) is 2. The molecule has 0 radical (unpaired) electrons. The Bertz CT molecular complexity index is 1110. The Morgan fingerprint density at radius 2 is 1.51 bits per heavy atom. The molecule has 1 saturated heterocycles. The molecular formula is C28H32ClN3O3. The molecule has 35 heavy (non-hydrogen) atoms. The highest BCUT2D eigenvalue weighted by molar-refractivity contribution is 5.90. The van der Waals surface area contributed by atoms with Gasteiger partial charge >= 0.3 is 5.97 Å². The van der Waals surface area contributed by atoms with Gasteiger partial charge in [0.05, 0.1) is 11.5 Å². The van der Waals surface area contributed by atoms with Crippen LogP contribution in [-0.2, 0) is 11.3 Å². The van der Waals surface area contributed by atoms with Crippen molar-refractivity contribution in [2.45, 2.75) is 19.4 Å². The van der Waals surface area contributed by atoms with Crippen LogP contribution in [0, 0.1) is 0 Å². The quantitative estimate of drug-likeness (QED) is 0.486. The van der Waals surface area contributed by atoms with E-state index in [0.29, 0.717) is 6.54 Å². The number of benzene rings is 3. The second kappa shape index (κ2) is 12.4. The maximum absolute atomic E-state index is 13.2. The summed E-state index contributed by atoms with van der Waals surface area (Å²) in [7, 11) is 0. The summed E-state index contributed by atoms with van der Waals surface area (Å²) in [5.74, 6) is -1.57. The number of halogens is 1. The first-order valence-electron chi connectivity index (χ1n) is 11.8. The summed E-state index contributed by atoms with van der Waals surface area (Å²) in [6.45, 7) is 7.02. The van der Waals surface area contributed by atoms with Crippen LogP contribution in [0.3, 0.4) is 0 Å². The molecule has 4 rings (SSSR count). The molecule has 184 valence electrons. The first-order chi connectivity index (χ1) is 16.6. The fourth-order valence-electron chi connectivity index (χ4n) is 4.57. The van der Waals surface area contributed by atoms with E-state index in [-0.39, 0.29) is 23.9 Å². The number of carbonyl (C=O) groups is 2. The largest absolute Gasteiger partial charge is 0.478 e. The van der Waals surface area contributed by atoms with E-state index in [4.69, 9.17) is 0 Å². The molecule has 1 aliphatic heterocycles. The second-order valence-electron chi connectivity index (χ2n) is 8.56. The molecule has 1 unspecified atom stereocenters. The Morgan fingerprint density at radius 1 is 0.886 bits per heavy atom. The summed E-state index contributed by atoms with van der Waals surface area (Å²) in [6, 6.07) is 25.2. The maximum atomic E-state index is 13.2. The number of carbonyl (C=O) groups excluding carboxylic acids is 1. The van der Waals surface area contributed by atoms with Crippen molar-refractivity contribution in [1.29, 1.82) is 0 Å². The molecule has 1 heterocycles. The second-order valence-corrected chi connectivity index (χ2v) is 8.56. The molecule has 7 heteroatoms. The van der Waals surface area contributed by atoms with Crippen molar-refractivity contribution in [3.63, 3.8) is 0 Å². The monoisotopic (exact) mass is 493 g/mol. The van der Waals surface area contributed by atoms with Crippen molar-refractivity contribution >= 4 is 30.0 Å². The molecule has 3 aromatic rings. The van der Waals surface area contributed by atoms with Gasteiger partial charge in [0, 0.05) is 45.0 Å². The third-order valence-corrected chi connectivity index (χ3v) is 6.31. The minimum Gasteiger partial charge on any atom is -0.478 e. The molecule has 0 bridgehead atoms. The van der Waals surface area contributed by atoms with E-state index < -0.39 is 11.9 Å². The van der Waals surface area contributed by atoms with E-state index in [9.17, 15) is 14.7 Å². The molecule has 1 aliphatic rings. The van der Waals surface area contributed by atoms with Crippen LogP contribution in [0.2, 0.25) is 0 Å². The number of carboxylic acids is 1. The molecular weight excluding hydrogens is 462 g/mol. The van der Waals surface area contributed by atoms with Gasteiger partial charge in [-0.1, -0.05) is 60.7 Å². The van der Waals surface area contributed by atoms with Crippen molar-refractivity contribution in [1.82, 2.24) is 10.2 Å². The average Bonchev–Trinajstić information content (AvgIpc) is 2.86. The van der Waals surface area contributed by atoms with E-state index in [1.807, 2.05) is 31.2 Å². The lowest BCUT2D eigenvalue weighted by atomic mass is 9.88. The third kappa shape index (κ3) is 6.41. The van der Waals surface area contributed by atoms with Gasteiger partial charge in [0.1, 0.15) is 0 Å². The zero-order chi connectivity index (χ0) is 23.9. The zero-order valence-electron chi connectivity index (χ0n) is 19.9. The highest BCUT2D eigenvalue weighted by Crippen LogP contribution is 2.34. The van der Waals surface area contributed by atoms with Crippen molar-refractivity contribution in [3.8, 4) is 0 Å². The highest BCUT2D eigenvalue weighted by atomic mass is 35.5. The number of rotatable bonds is 8. The molecule has 0 aliphatic carbocycles. The summed E-state index contributed by atoms with van der Waals surface area (Å²) in [5, 5.41) is 12.2. The predicted octanol–water partition coefficient (Wildman–Crippen LogP) is 4.40. The van der Waals surface area contributed by atoms with Crippen LogP contribution < -0.4 is 10.2 Å². The van der Waals surface area contributed by atoms with Crippen LogP contribution in [0.15, 0.2) is 78.9 Å². The molecule has 0 aromatic heterocycles. The van der Waals surface area contributed by atoms with Crippen molar-refractivity contribution in [2.75, 3.05) is 37.6 Å². The summed E-state index contributed by atoms with van der Waals surface area (Å²) < 4.78 is 0. The molecule has 3 aromatic carbocycles. The Kier molecular flexibility index (Phi) is 9.29. The minimum atomic E-state index is -0.977. The van der Waals surface area contributed by atoms with E-state index >= 15 is 0 Å². The Labute approximate surface area is 213 Å². The lowest BCUT2D eigenvalue weighted by Gasteiger charge is -2.37. The lowest BCUT2D eigenvalue weighted by molar-refractivity contribution is -0.121. The number of aromatic carboxylic acids is 1. The van der Waals surface area contributed by atoms with Gasteiger partial charge in [0.15, 0.2) is 0 Å². The fourth-order valence-corrected chi connectivity index (χ4v) is 4.57. The highest BCUT2D eigenvalue weighted by Gasteiger charge is 2.28. The summed E-state index contributed by atoms with van der Waals surface area (Å²) >= 11 is 0. The van der Waals surface area contributed by atoms with Crippen LogP contribution in [-0.4, -0.2) is 54.6 Å². The summed E-state index contributed by atoms with van der Waals surface area (Å²) in [5.41, 5.74) is 4.30.